The summed E-state index contributed by atoms with van der Waals surface area (Å²) in [5, 5.41) is 15.1. The Morgan fingerprint density at radius 3 is 2.45 bits per heavy atom. The van der Waals surface area contributed by atoms with Crippen molar-refractivity contribution >= 4 is 11.9 Å². The number of fused-ring (bicyclic) bond motifs is 1. The van der Waals surface area contributed by atoms with Gasteiger partial charge in [-0.25, -0.2) is 4.79 Å². The maximum absolute atomic E-state index is 12.0. The van der Waals surface area contributed by atoms with Crippen molar-refractivity contribution in [1.29, 1.82) is 5.26 Å². The zero-order valence-corrected chi connectivity index (χ0v) is 11.7. The number of amides is 1. The molecule has 0 bridgehead atoms. The topological polar surface area (TPSA) is 91.2 Å². The third-order valence-corrected chi connectivity index (χ3v) is 3.55. The van der Waals surface area contributed by atoms with E-state index in [1.165, 1.54) is 0 Å². The van der Waals surface area contributed by atoms with E-state index in [0.29, 0.717) is 0 Å². The molecule has 2 fully saturated rings. The summed E-state index contributed by atoms with van der Waals surface area (Å²) < 4.78 is 5.00. The van der Waals surface area contributed by atoms with Crippen LogP contribution in [0.1, 0.15) is 39.5 Å². The second kappa shape index (κ2) is 5.95. The molecule has 0 aromatic heterocycles. The SMILES string of the molecule is CC(C)OC(=O)/C(C#N)=C1\N[C@H]2CCCC[C@@H]2NC1=O. The monoisotopic (exact) mass is 277 g/mol. The highest BCUT2D eigenvalue weighted by Gasteiger charge is 2.36. The number of carbonyl (C=O) groups is 2. The molecule has 0 spiro atoms. The Kier molecular flexibility index (Phi) is 4.28. The normalized spacial score (nSPS) is 27.8. The van der Waals surface area contributed by atoms with Crippen LogP contribution in [-0.4, -0.2) is 30.1 Å². The van der Waals surface area contributed by atoms with E-state index in [1.807, 2.05) is 0 Å². The van der Waals surface area contributed by atoms with Crippen molar-refractivity contribution in [2.45, 2.75) is 57.7 Å². The van der Waals surface area contributed by atoms with Crippen LogP contribution >= 0.6 is 0 Å². The number of esters is 1. The molecule has 1 heterocycles. The minimum atomic E-state index is -0.755. The van der Waals surface area contributed by atoms with Crippen LogP contribution in [0.2, 0.25) is 0 Å². The molecule has 0 aromatic rings. The van der Waals surface area contributed by atoms with Gasteiger partial charge < -0.3 is 15.4 Å². The van der Waals surface area contributed by atoms with E-state index in [-0.39, 0.29) is 29.5 Å². The molecule has 6 nitrogen and oxygen atoms in total. The summed E-state index contributed by atoms with van der Waals surface area (Å²) >= 11 is 0. The lowest BCUT2D eigenvalue weighted by Gasteiger charge is -2.38. The molecule has 2 atom stereocenters. The molecule has 20 heavy (non-hydrogen) atoms. The summed E-state index contributed by atoms with van der Waals surface area (Å²) in [5.41, 5.74) is -0.207. The lowest BCUT2D eigenvalue weighted by molar-refractivity contribution is -0.142. The van der Waals surface area contributed by atoms with Crippen molar-refractivity contribution < 1.29 is 14.3 Å². The highest BCUT2D eigenvalue weighted by Crippen LogP contribution is 2.23. The predicted octanol–water partition coefficient (Wildman–Crippen LogP) is 0.746. The highest BCUT2D eigenvalue weighted by atomic mass is 16.5. The van der Waals surface area contributed by atoms with Gasteiger partial charge in [-0.05, 0) is 26.7 Å². The number of piperazine rings is 1. The summed E-state index contributed by atoms with van der Waals surface area (Å²) in [4.78, 5) is 23.9. The molecule has 6 heteroatoms. The third-order valence-electron chi connectivity index (χ3n) is 3.55. The van der Waals surface area contributed by atoms with Gasteiger partial charge in [0.25, 0.3) is 5.91 Å². The molecule has 1 amide bonds. The third kappa shape index (κ3) is 2.93. The molecule has 1 aliphatic heterocycles. The molecule has 1 saturated heterocycles. The number of nitrogens with zero attached hydrogens (tertiary/aromatic N) is 1. The first-order valence-electron chi connectivity index (χ1n) is 6.95. The van der Waals surface area contributed by atoms with Crippen molar-refractivity contribution in [2.75, 3.05) is 0 Å². The van der Waals surface area contributed by atoms with Gasteiger partial charge in [0.2, 0.25) is 0 Å². The van der Waals surface area contributed by atoms with Gasteiger partial charge in [0.05, 0.1) is 6.10 Å². The lowest BCUT2D eigenvalue weighted by atomic mass is 9.88. The molecular weight excluding hydrogens is 258 g/mol. The van der Waals surface area contributed by atoms with Crippen molar-refractivity contribution in [1.82, 2.24) is 10.6 Å². The van der Waals surface area contributed by atoms with Gasteiger partial charge in [0, 0.05) is 12.1 Å². The quantitative estimate of drug-likeness (QED) is 0.441. The van der Waals surface area contributed by atoms with Gasteiger partial charge in [-0.1, -0.05) is 12.8 Å². The minimum Gasteiger partial charge on any atom is -0.459 e. The zero-order chi connectivity index (χ0) is 14.7. The van der Waals surface area contributed by atoms with Crippen LogP contribution in [0.5, 0.6) is 0 Å². The first kappa shape index (κ1) is 14.4. The van der Waals surface area contributed by atoms with E-state index in [4.69, 9.17) is 10.00 Å². The van der Waals surface area contributed by atoms with E-state index in [0.717, 1.165) is 25.7 Å². The summed E-state index contributed by atoms with van der Waals surface area (Å²) in [6.07, 6.45) is 3.68. The second-order valence-corrected chi connectivity index (χ2v) is 5.43. The number of nitriles is 1. The van der Waals surface area contributed by atoms with Crippen molar-refractivity contribution in [3.63, 3.8) is 0 Å². The average Bonchev–Trinajstić information content (AvgIpc) is 2.39. The van der Waals surface area contributed by atoms with Gasteiger partial charge in [-0.2, -0.15) is 5.26 Å². The number of carbonyl (C=O) groups excluding carboxylic acids is 2. The van der Waals surface area contributed by atoms with E-state index in [9.17, 15) is 9.59 Å². The largest absolute Gasteiger partial charge is 0.459 e. The number of rotatable bonds is 2. The molecule has 2 N–H and O–H groups in total. The van der Waals surface area contributed by atoms with Gasteiger partial charge >= 0.3 is 5.97 Å². The number of hydrogen-bond donors (Lipinski definition) is 2. The number of ether oxygens (including phenoxy) is 1. The molecule has 0 radical (unpaired) electrons. The summed E-state index contributed by atoms with van der Waals surface area (Å²) in [7, 11) is 0. The van der Waals surface area contributed by atoms with Crippen molar-refractivity contribution in [2.24, 2.45) is 0 Å². The van der Waals surface area contributed by atoms with E-state index >= 15 is 0 Å². The summed E-state index contributed by atoms with van der Waals surface area (Å²) in [6.45, 7) is 3.40. The Morgan fingerprint density at radius 1 is 1.30 bits per heavy atom. The van der Waals surface area contributed by atoms with Gasteiger partial charge in [-0.15, -0.1) is 0 Å². The van der Waals surface area contributed by atoms with Crippen LogP contribution in [0.15, 0.2) is 11.3 Å². The van der Waals surface area contributed by atoms with Crippen LogP contribution < -0.4 is 10.6 Å². The highest BCUT2D eigenvalue weighted by molar-refractivity contribution is 6.05. The fourth-order valence-corrected chi connectivity index (χ4v) is 2.63. The first-order valence-corrected chi connectivity index (χ1v) is 6.95. The maximum atomic E-state index is 12.0. The van der Waals surface area contributed by atoms with Gasteiger partial charge in [0.1, 0.15) is 11.8 Å². The Hall–Kier alpha value is -2.03. The van der Waals surface area contributed by atoms with Crippen LogP contribution in [0.25, 0.3) is 0 Å². The van der Waals surface area contributed by atoms with Crippen LogP contribution in [0.3, 0.4) is 0 Å². The van der Waals surface area contributed by atoms with E-state index < -0.39 is 11.9 Å². The summed E-state index contributed by atoms with van der Waals surface area (Å²) in [6, 6.07) is 1.96. The fourth-order valence-electron chi connectivity index (χ4n) is 2.63. The Morgan fingerprint density at radius 2 is 1.90 bits per heavy atom. The lowest BCUT2D eigenvalue weighted by Crippen LogP contribution is -2.59. The number of hydrogen-bond acceptors (Lipinski definition) is 5. The summed E-state index contributed by atoms with van der Waals surface area (Å²) in [5.74, 6) is -1.15. The minimum absolute atomic E-state index is 0.0429. The van der Waals surface area contributed by atoms with Crippen LogP contribution in [-0.2, 0) is 14.3 Å². The molecule has 1 saturated carbocycles. The first-order chi connectivity index (χ1) is 9.52. The van der Waals surface area contributed by atoms with Gasteiger partial charge in [-0.3, -0.25) is 4.79 Å². The molecule has 1 aliphatic carbocycles. The zero-order valence-electron chi connectivity index (χ0n) is 11.7. The predicted molar refractivity (Wildman–Crippen MR) is 71.2 cm³/mol. The number of nitrogens with one attached hydrogen (secondary N) is 2. The standard InChI is InChI=1S/C14H19N3O3/c1-8(2)20-14(19)9(7-15)12-13(18)17-11-6-4-3-5-10(11)16-12/h8,10-11,16H,3-6H2,1-2H3,(H,17,18)/b12-9-/t10-,11-/m0/s1. The molecule has 108 valence electrons. The van der Waals surface area contributed by atoms with Crippen LogP contribution in [0.4, 0.5) is 0 Å². The van der Waals surface area contributed by atoms with E-state index in [2.05, 4.69) is 10.6 Å². The Balaban J connectivity index is 2.23. The van der Waals surface area contributed by atoms with Crippen molar-refractivity contribution in [3.05, 3.63) is 11.3 Å². The molecule has 2 rings (SSSR count). The fraction of sp³-hybridized carbons (Fsp3) is 0.643. The van der Waals surface area contributed by atoms with E-state index in [1.54, 1.807) is 19.9 Å². The Bertz CT molecular complexity index is 490. The van der Waals surface area contributed by atoms with Crippen LogP contribution in [0, 0.1) is 11.3 Å². The average molecular weight is 277 g/mol. The van der Waals surface area contributed by atoms with Gasteiger partial charge in [0.15, 0.2) is 5.57 Å². The second-order valence-electron chi connectivity index (χ2n) is 5.43. The Labute approximate surface area is 118 Å². The smallest absolute Gasteiger partial charge is 0.351 e. The molecule has 0 unspecified atom stereocenters. The molecule has 0 aromatic carbocycles. The molecular formula is C14H19N3O3. The maximum Gasteiger partial charge on any atom is 0.351 e. The molecule has 2 aliphatic rings. The van der Waals surface area contributed by atoms with Crippen molar-refractivity contribution in [3.8, 4) is 6.07 Å².